The number of rotatable bonds is 2. The minimum atomic E-state index is -3.92. The van der Waals surface area contributed by atoms with Crippen molar-refractivity contribution in [3.8, 4) is 0 Å². The van der Waals surface area contributed by atoms with Gasteiger partial charge in [0.05, 0.1) is 28.2 Å². The summed E-state index contributed by atoms with van der Waals surface area (Å²) >= 11 is 0. The van der Waals surface area contributed by atoms with E-state index in [4.69, 9.17) is 0 Å². The Balaban J connectivity index is 1.95. The Morgan fingerprint density at radius 3 is 2.50 bits per heavy atom. The second-order valence-electron chi connectivity index (χ2n) is 6.50. The van der Waals surface area contributed by atoms with Gasteiger partial charge in [-0.05, 0) is 37.6 Å². The van der Waals surface area contributed by atoms with Crippen molar-refractivity contribution >= 4 is 21.6 Å². The number of aryl methyl sites for hydroxylation is 1. The molecule has 0 unspecified atom stereocenters. The second kappa shape index (κ2) is 5.96. The Morgan fingerprint density at radius 1 is 1.08 bits per heavy atom. The van der Waals surface area contributed by atoms with Crippen LogP contribution in [0.1, 0.15) is 22.3 Å². The van der Waals surface area contributed by atoms with Gasteiger partial charge in [0.2, 0.25) is 0 Å². The van der Waals surface area contributed by atoms with Crippen LogP contribution in [-0.4, -0.2) is 36.7 Å². The first kappa shape index (κ1) is 16.8. The molecule has 0 spiro atoms. The average molecular weight is 370 g/mol. The van der Waals surface area contributed by atoms with Crippen LogP contribution in [0.3, 0.4) is 0 Å². The molecule has 2 aliphatic rings. The van der Waals surface area contributed by atoms with E-state index in [1.807, 2.05) is 6.92 Å². The summed E-state index contributed by atoms with van der Waals surface area (Å²) in [5, 5.41) is 11.0. The molecule has 7 heteroatoms. The number of hydrogen-bond donors (Lipinski definition) is 1. The smallest absolute Gasteiger partial charge is 0.279 e. The average Bonchev–Trinajstić information content (AvgIpc) is 3.07. The number of fused-ring (bicyclic) bond motifs is 2. The summed E-state index contributed by atoms with van der Waals surface area (Å²) in [6.45, 7) is 1.88. The third kappa shape index (κ3) is 2.43. The number of hydroxylamine groups is 2. The molecule has 1 N–H and O–H groups in total. The van der Waals surface area contributed by atoms with Gasteiger partial charge in [-0.25, -0.2) is 13.5 Å². The summed E-state index contributed by atoms with van der Waals surface area (Å²) < 4.78 is 28.2. The van der Waals surface area contributed by atoms with E-state index in [9.17, 15) is 18.4 Å². The van der Waals surface area contributed by atoms with Gasteiger partial charge in [-0.3, -0.25) is 14.3 Å². The molecule has 0 aromatic heterocycles. The van der Waals surface area contributed by atoms with Gasteiger partial charge in [0.25, 0.3) is 15.9 Å². The maximum absolute atomic E-state index is 13.5. The predicted octanol–water partition coefficient (Wildman–Crippen LogP) is 2.73. The van der Waals surface area contributed by atoms with Crippen molar-refractivity contribution in [3.63, 3.8) is 0 Å². The number of anilines is 1. The highest BCUT2D eigenvalue weighted by Gasteiger charge is 2.45. The van der Waals surface area contributed by atoms with Crippen LogP contribution in [0.5, 0.6) is 0 Å². The normalized spacial score (nSPS) is 22.2. The molecule has 0 saturated heterocycles. The molecule has 2 aromatic carbocycles. The summed E-state index contributed by atoms with van der Waals surface area (Å²) in [6, 6.07) is 11.7. The fourth-order valence-corrected chi connectivity index (χ4v) is 5.16. The molecule has 2 atom stereocenters. The molecule has 0 radical (unpaired) electrons. The van der Waals surface area contributed by atoms with Crippen LogP contribution in [0.25, 0.3) is 0 Å². The lowest BCUT2D eigenvalue weighted by molar-refractivity contribution is -0.0868. The third-order valence-corrected chi connectivity index (χ3v) is 6.67. The van der Waals surface area contributed by atoms with Gasteiger partial charge >= 0.3 is 0 Å². The van der Waals surface area contributed by atoms with Crippen LogP contribution in [0.4, 0.5) is 5.69 Å². The zero-order valence-electron chi connectivity index (χ0n) is 14.1. The molecule has 134 valence electrons. The summed E-state index contributed by atoms with van der Waals surface area (Å²) in [5.74, 6) is -0.596. The van der Waals surface area contributed by atoms with E-state index >= 15 is 0 Å². The topological polar surface area (TPSA) is 77.9 Å². The van der Waals surface area contributed by atoms with E-state index in [0.717, 1.165) is 5.56 Å². The molecule has 0 saturated carbocycles. The first-order chi connectivity index (χ1) is 12.4. The number of amides is 1. The van der Waals surface area contributed by atoms with Crippen molar-refractivity contribution < 1.29 is 18.4 Å². The highest BCUT2D eigenvalue weighted by Crippen LogP contribution is 2.38. The fraction of sp³-hybridized carbons (Fsp3) is 0.211. The molecule has 0 fully saturated rings. The van der Waals surface area contributed by atoms with Crippen LogP contribution in [-0.2, 0) is 10.0 Å². The van der Waals surface area contributed by atoms with Crippen molar-refractivity contribution in [2.45, 2.75) is 30.3 Å². The van der Waals surface area contributed by atoms with Crippen molar-refractivity contribution in [3.05, 3.63) is 71.8 Å². The third-order valence-electron chi connectivity index (χ3n) is 4.85. The maximum Gasteiger partial charge on any atom is 0.279 e. The minimum Gasteiger partial charge on any atom is -0.285 e. The molecule has 1 amide bonds. The lowest BCUT2D eigenvalue weighted by Gasteiger charge is -2.32. The standard InChI is InChI=1S/C19H18N2O4S/c1-13-9-11-14(12-10-13)26(24,25)21-16-6-3-2-5-15(16)19(22)20(23)17-7-4-8-18(17)21/h2-6,8-12,17-18,23H,7H2,1H3/t17-,18+/m0/s1. The van der Waals surface area contributed by atoms with Crippen molar-refractivity contribution in [1.29, 1.82) is 0 Å². The summed E-state index contributed by atoms with van der Waals surface area (Å²) in [7, 11) is -3.92. The quantitative estimate of drug-likeness (QED) is 0.651. The molecule has 4 rings (SSSR count). The van der Waals surface area contributed by atoms with Gasteiger partial charge in [-0.1, -0.05) is 42.0 Å². The molecule has 6 nitrogen and oxygen atoms in total. The number of carbonyl (C=O) groups excluding carboxylic acids is 1. The van der Waals surface area contributed by atoms with E-state index in [0.29, 0.717) is 11.5 Å². The molecule has 0 bridgehead atoms. The summed E-state index contributed by atoms with van der Waals surface area (Å²) in [6.07, 6.45) is 3.91. The second-order valence-corrected chi connectivity index (χ2v) is 8.32. The first-order valence-corrected chi connectivity index (χ1v) is 9.74. The van der Waals surface area contributed by atoms with E-state index in [-0.39, 0.29) is 16.1 Å². The zero-order chi connectivity index (χ0) is 18.5. The Kier molecular flexibility index (Phi) is 3.86. The number of carbonyl (C=O) groups is 1. The summed E-state index contributed by atoms with van der Waals surface area (Å²) in [5.41, 5.74) is 1.39. The number of para-hydroxylation sites is 1. The van der Waals surface area contributed by atoms with Gasteiger partial charge in [-0.15, -0.1) is 0 Å². The maximum atomic E-state index is 13.5. The van der Waals surface area contributed by atoms with Gasteiger partial charge in [0.15, 0.2) is 0 Å². The Hall–Kier alpha value is -2.64. The molecule has 1 heterocycles. The molecular formula is C19H18N2O4S. The van der Waals surface area contributed by atoms with Crippen molar-refractivity contribution in [2.75, 3.05) is 4.31 Å². The Labute approximate surface area is 152 Å². The fourth-order valence-electron chi connectivity index (χ4n) is 3.50. The number of benzene rings is 2. The van der Waals surface area contributed by atoms with Gasteiger partial charge in [0, 0.05) is 0 Å². The molecule has 26 heavy (non-hydrogen) atoms. The number of sulfonamides is 1. The molecular weight excluding hydrogens is 352 g/mol. The predicted molar refractivity (Wildman–Crippen MR) is 96.6 cm³/mol. The monoisotopic (exact) mass is 370 g/mol. The summed E-state index contributed by atoms with van der Waals surface area (Å²) in [4.78, 5) is 12.8. The minimum absolute atomic E-state index is 0.149. The number of hydrogen-bond acceptors (Lipinski definition) is 4. The zero-order valence-corrected chi connectivity index (χ0v) is 14.9. The first-order valence-electron chi connectivity index (χ1n) is 8.30. The highest BCUT2D eigenvalue weighted by molar-refractivity contribution is 7.92. The van der Waals surface area contributed by atoms with Crippen molar-refractivity contribution in [1.82, 2.24) is 5.06 Å². The van der Waals surface area contributed by atoms with Crippen LogP contribution < -0.4 is 4.31 Å². The van der Waals surface area contributed by atoms with Crippen LogP contribution >= 0.6 is 0 Å². The Morgan fingerprint density at radius 2 is 1.77 bits per heavy atom. The van der Waals surface area contributed by atoms with E-state index in [1.165, 1.54) is 10.4 Å². The van der Waals surface area contributed by atoms with Crippen LogP contribution in [0, 0.1) is 6.92 Å². The van der Waals surface area contributed by atoms with Crippen LogP contribution in [0.2, 0.25) is 0 Å². The lowest BCUT2D eigenvalue weighted by Crippen LogP contribution is -2.49. The van der Waals surface area contributed by atoms with Crippen LogP contribution in [0.15, 0.2) is 65.6 Å². The SMILES string of the molecule is Cc1ccc(S(=O)(=O)N2c3ccccc3C(=O)N(O)[C@H]3CC=C[C@H]32)cc1. The Bertz CT molecular complexity index is 998. The molecule has 1 aliphatic heterocycles. The van der Waals surface area contributed by atoms with Gasteiger partial charge < -0.3 is 0 Å². The van der Waals surface area contributed by atoms with Crippen molar-refractivity contribution in [2.24, 2.45) is 0 Å². The van der Waals surface area contributed by atoms with Gasteiger partial charge in [-0.2, -0.15) is 0 Å². The van der Waals surface area contributed by atoms with E-state index in [2.05, 4.69) is 0 Å². The van der Waals surface area contributed by atoms with E-state index < -0.39 is 28.0 Å². The lowest BCUT2D eigenvalue weighted by atomic mass is 10.1. The largest absolute Gasteiger partial charge is 0.285 e. The molecule has 2 aromatic rings. The highest BCUT2D eigenvalue weighted by atomic mass is 32.2. The molecule has 1 aliphatic carbocycles. The number of nitrogens with zero attached hydrogens (tertiary/aromatic N) is 2. The van der Waals surface area contributed by atoms with Gasteiger partial charge in [0.1, 0.15) is 0 Å². The van der Waals surface area contributed by atoms with E-state index in [1.54, 1.807) is 54.6 Å².